The van der Waals surface area contributed by atoms with Crippen LogP contribution < -0.4 is 5.73 Å². The predicted molar refractivity (Wildman–Crippen MR) is 72.3 cm³/mol. The third-order valence-electron chi connectivity index (χ3n) is 2.82. The average molecular weight is 260 g/mol. The highest BCUT2D eigenvalue weighted by Crippen LogP contribution is 2.34. The van der Waals surface area contributed by atoms with Gasteiger partial charge in [-0.05, 0) is 24.6 Å². The maximum Gasteiger partial charge on any atom is 0.155 e. The fraction of sp³-hybridized carbons (Fsp3) is 0.167. The van der Waals surface area contributed by atoms with E-state index in [0.717, 1.165) is 32.0 Å². The van der Waals surface area contributed by atoms with E-state index in [4.69, 9.17) is 10.8 Å². The molecular formula is C12H12N4OS. The second kappa shape index (κ2) is 4.08. The van der Waals surface area contributed by atoms with Crippen molar-refractivity contribution in [2.75, 3.05) is 5.73 Å². The molecule has 0 aliphatic rings. The van der Waals surface area contributed by atoms with Crippen molar-refractivity contribution in [3.05, 3.63) is 29.5 Å². The summed E-state index contributed by atoms with van der Waals surface area (Å²) in [5.41, 5.74) is 9.40. The molecule has 18 heavy (non-hydrogen) atoms. The zero-order valence-corrected chi connectivity index (χ0v) is 10.6. The first-order valence-corrected chi connectivity index (χ1v) is 6.32. The molecule has 2 aromatic heterocycles. The Balaban J connectivity index is 2.19. The van der Waals surface area contributed by atoms with Crippen LogP contribution in [0.5, 0.6) is 0 Å². The number of thiazole rings is 1. The molecular weight excluding hydrogens is 248 g/mol. The van der Waals surface area contributed by atoms with Crippen LogP contribution in [-0.2, 0) is 6.61 Å². The summed E-state index contributed by atoms with van der Waals surface area (Å²) >= 11 is 1.55. The summed E-state index contributed by atoms with van der Waals surface area (Å²) in [6.07, 6.45) is 0. The molecule has 4 N–H and O–H groups in total. The lowest BCUT2D eigenvalue weighted by Gasteiger charge is -1.93. The molecule has 5 nitrogen and oxygen atoms in total. The van der Waals surface area contributed by atoms with Gasteiger partial charge in [0, 0.05) is 5.69 Å². The van der Waals surface area contributed by atoms with Gasteiger partial charge in [-0.2, -0.15) is 5.10 Å². The Morgan fingerprint density at radius 1 is 1.44 bits per heavy atom. The van der Waals surface area contributed by atoms with Gasteiger partial charge in [-0.15, -0.1) is 11.3 Å². The Morgan fingerprint density at radius 3 is 2.94 bits per heavy atom. The Bertz CT molecular complexity index is 697. The SMILES string of the molecule is Cc1[nH]nc(N)c1-c1nc2ccc(CO)cc2s1. The fourth-order valence-corrected chi connectivity index (χ4v) is 3.03. The molecule has 0 atom stereocenters. The van der Waals surface area contributed by atoms with Crippen LogP contribution in [0.4, 0.5) is 5.82 Å². The highest BCUT2D eigenvalue weighted by atomic mass is 32.1. The number of rotatable bonds is 2. The summed E-state index contributed by atoms with van der Waals surface area (Å²) in [4.78, 5) is 4.55. The topological polar surface area (TPSA) is 87.8 Å². The molecule has 0 bridgehead atoms. The van der Waals surface area contributed by atoms with E-state index in [-0.39, 0.29) is 6.61 Å². The molecule has 0 radical (unpaired) electrons. The predicted octanol–water partition coefficient (Wildman–Crippen LogP) is 2.07. The number of nitrogens with zero attached hydrogens (tertiary/aromatic N) is 2. The van der Waals surface area contributed by atoms with Gasteiger partial charge in [0.1, 0.15) is 5.01 Å². The number of benzene rings is 1. The maximum atomic E-state index is 9.13. The van der Waals surface area contributed by atoms with Crippen LogP contribution >= 0.6 is 11.3 Å². The summed E-state index contributed by atoms with van der Waals surface area (Å²) in [7, 11) is 0. The standard InChI is InChI=1S/C12H12N4OS/c1-6-10(11(13)16-15-6)12-14-8-3-2-7(5-17)4-9(8)18-12/h2-4,17H,5H2,1H3,(H3,13,15,16). The molecule has 0 spiro atoms. The van der Waals surface area contributed by atoms with E-state index in [1.54, 1.807) is 11.3 Å². The minimum atomic E-state index is 0.0377. The molecule has 92 valence electrons. The van der Waals surface area contributed by atoms with Gasteiger partial charge >= 0.3 is 0 Å². The third kappa shape index (κ3) is 1.66. The van der Waals surface area contributed by atoms with E-state index in [1.807, 2.05) is 25.1 Å². The number of aromatic nitrogens is 3. The van der Waals surface area contributed by atoms with Crippen molar-refractivity contribution in [2.45, 2.75) is 13.5 Å². The van der Waals surface area contributed by atoms with Gasteiger partial charge in [-0.1, -0.05) is 6.07 Å². The molecule has 0 aliphatic heterocycles. The number of hydrogen-bond donors (Lipinski definition) is 3. The largest absolute Gasteiger partial charge is 0.392 e. The van der Waals surface area contributed by atoms with Crippen LogP contribution in [0.15, 0.2) is 18.2 Å². The van der Waals surface area contributed by atoms with Gasteiger partial charge in [0.05, 0.1) is 22.4 Å². The van der Waals surface area contributed by atoms with Gasteiger partial charge in [-0.3, -0.25) is 5.10 Å². The van der Waals surface area contributed by atoms with Crippen molar-refractivity contribution in [3.8, 4) is 10.6 Å². The van der Waals surface area contributed by atoms with E-state index in [9.17, 15) is 0 Å². The summed E-state index contributed by atoms with van der Waals surface area (Å²) in [6, 6.07) is 5.73. The lowest BCUT2D eigenvalue weighted by molar-refractivity contribution is 0.282. The first kappa shape index (κ1) is 11.2. The van der Waals surface area contributed by atoms with Crippen LogP contribution in [0.2, 0.25) is 0 Å². The number of fused-ring (bicyclic) bond motifs is 1. The summed E-state index contributed by atoms with van der Waals surface area (Å²) < 4.78 is 1.04. The first-order chi connectivity index (χ1) is 8.69. The van der Waals surface area contributed by atoms with Gasteiger partial charge in [-0.25, -0.2) is 4.98 Å². The van der Waals surface area contributed by atoms with Gasteiger partial charge in [0.15, 0.2) is 5.82 Å². The summed E-state index contributed by atoms with van der Waals surface area (Å²) in [6.45, 7) is 1.96. The Hall–Kier alpha value is -1.92. The number of aliphatic hydroxyl groups excluding tert-OH is 1. The Labute approximate surface area is 107 Å². The molecule has 2 heterocycles. The minimum absolute atomic E-state index is 0.0377. The van der Waals surface area contributed by atoms with Gasteiger partial charge in [0.2, 0.25) is 0 Å². The second-order valence-corrected chi connectivity index (χ2v) is 5.12. The van der Waals surface area contributed by atoms with Crippen LogP contribution in [0.3, 0.4) is 0 Å². The molecule has 6 heteroatoms. The number of nitrogens with one attached hydrogen (secondary N) is 1. The number of hydrogen-bond acceptors (Lipinski definition) is 5. The summed E-state index contributed by atoms with van der Waals surface area (Å²) in [5, 5.41) is 16.8. The molecule has 3 rings (SSSR count). The van der Waals surface area contributed by atoms with Crippen molar-refractivity contribution in [1.29, 1.82) is 0 Å². The monoisotopic (exact) mass is 260 g/mol. The molecule has 3 aromatic rings. The van der Waals surface area contributed by atoms with Crippen LogP contribution in [0, 0.1) is 6.92 Å². The highest BCUT2D eigenvalue weighted by Gasteiger charge is 2.14. The molecule has 0 saturated carbocycles. The number of aryl methyl sites for hydroxylation is 1. The quantitative estimate of drug-likeness (QED) is 0.658. The fourth-order valence-electron chi connectivity index (χ4n) is 1.89. The zero-order chi connectivity index (χ0) is 12.7. The second-order valence-electron chi connectivity index (χ2n) is 4.09. The Morgan fingerprint density at radius 2 is 2.28 bits per heavy atom. The molecule has 0 aliphatic carbocycles. The Kier molecular flexibility index (Phi) is 2.53. The lowest BCUT2D eigenvalue weighted by atomic mass is 10.2. The highest BCUT2D eigenvalue weighted by molar-refractivity contribution is 7.21. The minimum Gasteiger partial charge on any atom is -0.392 e. The third-order valence-corrected chi connectivity index (χ3v) is 3.86. The van der Waals surface area contributed by atoms with Crippen molar-refractivity contribution in [2.24, 2.45) is 0 Å². The van der Waals surface area contributed by atoms with E-state index in [0.29, 0.717) is 5.82 Å². The van der Waals surface area contributed by atoms with Crippen molar-refractivity contribution >= 4 is 27.4 Å². The molecule has 0 fully saturated rings. The maximum absolute atomic E-state index is 9.13. The van der Waals surface area contributed by atoms with E-state index < -0.39 is 0 Å². The van der Waals surface area contributed by atoms with Crippen molar-refractivity contribution < 1.29 is 5.11 Å². The van der Waals surface area contributed by atoms with Gasteiger partial charge in [0.25, 0.3) is 0 Å². The van der Waals surface area contributed by atoms with Crippen LogP contribution in [0.25, 0.3) is 20.8 Å². The number of H-pyrrole nitrogens is 1. The molecule has 0 saturated heterocycles. The number of nitrogen functional groups attached to an aromatic ring is 1. The zero-order valence-electron chi connectivity index (χ0n) is 9.77. The van der Waals surface area contributed by atoms with Crippen molar-refractivity contribution in [1.82, 2.24) is 15.2 Å². The normalized spacial score (nSPS) is 11.2. The van der Waals surface area contributed by atoms with Crippen LogP contribution in [0.1, 0.15) is 11.3 Å². The number of nitrogens with two attached hydrogens (primary N) is 1. The lowest BCUT2D eigenvalue weighted by Crippen LogP contribution is -1.87. The molecule has 0 unspecified atom stereocenters. The molecule has 0 amide bonds. The van der Waals surface area contributed by atoms with Crippen LogP contribution in [-0.4, -0.2) is 20.3 Å². The van der Waals surface area contributed by atoms with E-state index in [2.05, 4.69) is 15.2 Å². The number of anilines is 1. The average Bonchev–Trinajstić information content (AvgIpc) is 2.91. The number of aromatic amines is 1. The summed E-state index contributed by atoms with van der Waals surface area (Å²) in [5.74, 6) is 0.467. The first-order valence-electron chi connectivity index (χ1n) is 5.50. The molecule has 1 aromatic carbocycles. The van der Waals surface area contributed by atoms with Gasteiger partial charge < -0.3 is 10.8 Å². The van der Waals surface area contributed by atoms with Crippen molar-refractivity contribution in [3.63, 3.8) is 0 Å². The number of aliphatic hydroxyl groups is 1. The smallest absolute Gasteiger partial charge is 0.155 e. The van der Waals surface area contributed by atoms with E-state index in [1.165, 1.54) is 0 Å². The van der Waals surface area contributed by atoms with E-state index >= 15 is 0 Å².